The molecule has 1 fully saturated rings. The number of rotatable bonds is 3. The number of hydrogen-bond donors (Lipinski definition) is 2. The maximum Gasteiger partial charge on any atom is 0.321 e. The summed E-state index contributed by atoms with van der Waals surface area (Å²) in [5.74, 6) is -0.907. The van der Waals surface area contributed by atoms with Gasteiger partial charge in [0.05, 0.1) is 6.54 Å². The van der Waals surface area contributed by atoms with Crippen molar-refractivity contribution < 1.29 is 18.8 Å². The molecule has 1 aliphatic heterocycles. The van der Waals surface area contributed by atoms with Crippen LogP contribution in [0.25, 0.3) is 0 Å². The van der Waals surface area contributed by atoms with Crippen LogP contribution < -0.4 is 10.6 Å². The number of carbonyl (C=O) groups is 3. The molecule has 1 aliphatic rings. The van der Waals surface area contributed by atoms with Crippen molar-refractivity contribution in [1.29, 1.82) is 0 Å². The van der Waals surface area contributed by atoms with Crippen LogP contribution in [0, 0.1) is 5.82 Å². The first-order valence-electron chi connectivity index (χ1n) is 7.78. The monoisotopic (exact) mass is 336 g/mol. The van der Waals surface area contributed by atoms with Gasteiger partial charge in [-0.15, -0.1) is 0 Å². The summed E-state index contributed by atoms with van der Waals surface area (Å²) < 4.78 is 12.9. The first kappa shape index (κ1) is 17.9. The van der Waals surface area contributed by atoms with E-state index < -0.39 is 6.03 Å². The first-order valence-corrected chi connectivity index (χ1v) is 7.78. The summed E-state index contributed by atoms with van der Waals surface area (Å²) in [5.41, 5.74) is 0.446. The lowest BCUT2D eigenvalue weighted by Crippen LogP contribution is -2.44. The van der Waals surface area contributed by atoms with E-state index in [0.717, 1.165) is 6.42 Å². The van der Waals surface area contributed by atoms with E-state index in [0.29, 0.717) is 31.7 Å². The van der Waals surface area contributed by atoms with E-state index in [4.69, 9.17) is 0 Å². The van der Waals surface area contributed by atoms with Gasteiger partial charge in [-0.25, -0.2) is 9.18 Å². The summed E-state index contributed by atoms with van der Waals surface area (Å²) in [6.45, 7) is 2.35. The first-order chi connectivity index (χ1) is 11.5. The van der Waals surface area contributed by atoms with Gasteiger partial charge in [-0.1, -0.05) is 0 Å². The molecular formula is C16H21FN4O3. The number of nitrogens with one attached hydrogen (secondary N) is 2. The minimum absolute atomic E-state index is 0.103. The summed E-state index contributed by atoms with van der Waals surface area (Å²) in [4.78, 5) is 38.9. The minimum Gasteiger partial charge on any atom is -0.341 e. The number of amides is 4. The summed E-state index contributed by atoms with van der Waals surface area (Å²) in [7, 11) is 1.44. The Kier molecular flexibility index (Phi) is 6.25. The van der Waals surface area contributed by atoms with Crippen LogP contribution in [0.4, 0.5) is 9.18 Å². The van der Waals surface area contributed by atoms with Crippen molar-refractivity contribution in [2.75, 3.05) is 39.8 Å². The van der Waals surface area contributed by atoms with E-state index in [-0.39, 0.29) is 24.2 Å². The second-order valence-corrected chi connectivity index (χ2v) is 5.56. The average Bonchev–Trinajstić information content (AvgIpc) is 2.80. The van der Waals surface area contributed by atoms with Gasteiger partial charge in [0.15, 0.2) is 0 Å². The highest BCUT2D eigenvalue weighted by atomic mass is 19.1. The third-order valence-electron chi connectivity index (χ3n) is 3.81. The lowest BCUT2D eigenvalue weighted by Gasteiger charge is -2.21. The van der Waals surface area contributed by atoms with Crippen molar-refractivity contribution in [3.05, 3.63) is 35.6 Å². The second kappa shape index (κ2) is 8.39. The van der Waals surface area contributed by atoms with E-state index in [1.165, 1.54) is 31.3 Å². The topological polar surface area (TPSA) is 81.8 Å². The molecule has 0 radical (unpaired) electrons. The number of halogens is 1. The molecule has 4 amide bonds. The smallest absolute Gasteiger partial charge is 0.321 e. The number of benzene rings is 1. The van der Waals surface area contributed by atoms with E-state index in [2.05, 4.69) is 10.6 Å². The molecule has 0 spiro atoms. The molecule has 0 atom stereocenters. The Bertz CT molecular complexity index is 606. The zero-order valence-corrected chi connectivity index (χ0v) is 13.5. The van der Waals surface area contributed by atoms with Gasteiger partial charge in [0, 0.05) is 38.8 Å². The maximum absolute atomic E-state index is 12.9. The molecule has 0 aromatic heterocycles. The predicted octanol–water partition coefficient (Wildman–Crippen LogP) is 0.429. The van der Waals surface area contributed by atoms with Crippen molar-refractivity contribution in [2.24, 2.45) is 0 Å². The van der Waals surface area contributed by atoms with Crippen LogP contribution in [0.15, 0.2) is 24.3 Å². The molecule has 7 nitrogen and oxygen atoms in total. The van der Waals surface area contributed by atoms with Gasteiger partial charge in [0.2, 0.25) is 5.91 Å². The molecule has 1 aromatic carbocycles. The van der Waals surface area contributed by atoms with E-state index >= 15 is 0 Å². The fourth-order valence-electron chi connectivity index (χ4n) is 2.54. The highest BCUT2D eigenvalue weighted by molar-refractivity contribution is 5.95. The Morgan fingerprint density at radius 2 is 1.79 bits per heavy atom. The number of carbonyl (C=O) groups excluding carboxylic acids is 3. The lowest BCUT2D eigenvalue weighted by molar-refractivity contribution is -0.121. The molecule has 0 bridgehead atoms. The Balaban J connectivity index is 1.88. The van der Waals surface area contributed by atoms with Crippen molar-refractivity contribution in [1.82, 2.24) is 20.4 Å². The average molecular weight is 336 g/mol. The number of nitrogens with zero attached hydrogens (tertiary/aromatic N) is 2. The third-order valence-corrected chi connectivity index (χ3v) is 3.81. The van der Waals surface area contributed by atoms with Crippen molar-refractivity contribution in [3.63, 3.8) is 0 Å². The van der Waals surface area contributed by atoms with Crippen molar-refractivity contribution >= 4 is 17.8 Å². The van der Waals surface area contributed by atoms with Gasteiger partial charge in [0.1, 0.15) is 5.82 Å². The molecule has 8 heteroatoms. The Morgan fingerprint density at radius 3 is 2.46 bits per heavy atom. The van der Waals surface area contributed by atoms with Crippen LogP contribution in [0.2, 0.25) is 0 Å². The van der Waals surface area contributed by atoms with Gasteiger partial charge < -0.3 is 10.2 Å². The SMILES string of the molecule is CNC(=O)NC(=O)CN1CCCN(C(=O)c2ccc(F)cc2)CC1. The van der Waals surface area contributed by atoms with Gasteiger partial charge in [-0.2, -0.15) is 0 Å². The van der Waals surface area contributed by atoms with Crippen LogP contribution in [0.3, 0.4) is 0 Å². The minimum atomic E-state index is -0.539. The van der Waals surface area contributed by atoms with Gasteiger partial charge in [-0.05, 0) is 30.7 Å². The molecule has 1 saturated heterocycles. The van der Waals surface area contributed by atoms with E-state index in [1.54, 1.807) is 4.90 Å². The Labute approximate surface area is 139 Å². The van der Waals surface area contributed by atoms with Crippen LogP contribution >= 0.6 is 0 Å². The molecular weight excluding hydrogens is 315 g/mol. The molecule has 1 heterocycles. The van der Waals surface area contributed by atoms with Crippen LogP contribution in [-0.4, -0.2) is 67.4 Å². The Hall–Kier alpha value is -2.48. The zero-order valence-electron chi connectivity index (χ0n) is 13.5. The van der Waals surface area contributed by atoms with Gasteiger partial charge in [0.25, 0.3) is 5.91 Å². The molecule has 2 rings (SSSR count). The van der Waals surface area contributed by atoms with E-state index in [1.807, 2.05) is 4.90 Å². The Morgan fingerprint density at radius 1 is 1.08 bits per heavy atom. The third kappa shape index (κ3) is 5.02. The highest BCUT2D eigenvalue weighted by Crippen LogP contribution is 2.10. The second-order valence-electron chi connectivity index (χ2n) is 5.56. The lowest BCUT2D eigenvalue weighted by atomic mass is 10.2. The van der Waals surface area contributed by atoms with Crippen LogP contribution in [0.5, 0.6) is 0 Å². The van der Waals surface area contributed by atoms with Crippen LogP contribution in [-0.2, 0) is 4.79 Å². The van der Waals surface area contributed by atoms with Gasteiger partial charge >= 0.3 is 6.03 Å². The molecule has 0 saturated carbocycles. The van der Waals surface area contributed by atoms with E-state index in [9.17, 15) is 18.8 Å². The number of imide groups is 1. The highest BCUT2D eigenvalue weighted by Gasteiger charge is 2.21. The maximum atomic E-state index is 12.9. The number of hydrogen-bond acceptors (Lipinski definition) is 4. The standard InChI is InChI=1S/C16H21FN4O3/c1-18-16(24)19-14(22)11-20-7-2-8-21(10-9-20)15(23)12-3-5-13(17)6-4-12/h3-6H,2,7-11H2,1H3,(H2,18,19,22,24). The van der Waals surface area contributed by atoms with Crippen molar-refractivity contribution in [3.8, 4) is 0 Å². The molecule has 1 aromatic rings. The van der Waals surface area contributed by atoms with Gasteiger partial charge in [-0.3, -0.25) is 19.8 Å². The quantitative estimate of drug-likeness (QED) is 0.839. The summed E-state index contributed by atoms with van der Waals surface area (Å²) in [5, 5.41) is 4.54. The zero-order chi connectivity index (χ0) is 17.5. The molecule has 0 aliphatic carbocycles. The fourth-order valence-corrected chi connectivity index (χ4v) is 2.54. The molecule has 24 heavy (non-hydrogen) atoms. The summed E-state index contributed by atoms with van der Waals surface area (Å²) in [6, 6.07) is 4.93. The fraction of sp³-hybridized carbons (Fsp3) is 0.438. The summed E-state index contributed by atoms with van der Waals surface area (Å²) >= 11 is 0. The molecule has 0 unspecified atom stereocenters. The number of urea groups is 1. The normalized spacial score (nSPS) is 15.5. The largest absolute Gasteiger partial charge is 0.341 e. The van der Waals surface area contributed by atoms with Crippen LogP contribution in [0.1, 0.15) is 16.8 Å². The molecule has 130 valence electrons. The summed E-state index contributed by atoms with van der Waals surface area (Å²) in [6.07, 6.45) is 0.722. The van der Waals surface area contributed by atoms with Crippen molar-refractivity contribution in [2.45, 2.75) is 6.42 Å². The predicted molar refractivity (Wildman–Crippen MR) is 86.0 cm³/mol. The molecule has 2 N–H and O–H groups in total.